The molecular formula is C14H12N4O3. The molecule has 0 fully saturated rings. The van der Waals surface area contributed by atoms with E-state index in [2.05, 4.69) is 20.0 Å². The molecule has 0 saturated carbocycles. The molecule has 0 spiro atoms. The van der Waals surface area contributed by atoms with Crippen LogP contribution >= 0.6 is 0 Å². The van der Waals surface area contributed by atoms with E-state index in [-0.39, 0.29) is 5.69 Å². The van der Waals surface area contributed by atoms with Crippen LogP contribution in [0, 0.1) is 11.3 Å². The number of hydrogen-bond acceptors (Lipinski definition) is 7. The van der Waals surface area contributed by atoms with Crippen LogP contribution in [0.4, 0.5) is 11.5 Å². The summed E-state index contributed by atoms with van der Waals surface area (Å²) in [5.41, 5.74) is 1.25. The maximum absolute atomic E-state index is 11.3. The van der Waals surface area contributed by atoms with E-state index in [0.29, 0.717) is 22.8 Å². The molecule has 21 heavy (non-hydrogen) atoms. The SMILES string of the molecule is COC(=O)c1cnc(Nc2ccc(C#N)cc2OC)cn1. The van der Waals surface area contributed by atoms with Crippen molar-refractivity contribution in [2.24, 2.45) is 0 Å². The average molecular weight is 284 g/mol. The molecule has 0 aliphatic rings. The highest BCUT2D eigenvalue weighted by Gasteiger charge is 2.09. The third-order valence-corrected chi connectivity index (χ3v) is 2.64. The molecule has 0 amide bonds. The Balaban J connectivity index is 2.22. The van der Waals surface area contributed by atoms with Crippen LogP contribution in [0.15, 0.2) is 30.6 Å². The predicted molar refractivity (Wildman–Crippen MR) is 74.4 cm³/mol. The quantitative estimate of drug-likeness (QED) is 0.856. The minimum absolute atomic E-state index is 0.120. The Morgan fingerprint density at radius 1 is 1.29 bits per heavy atom. The van der Waals surface area contributed by atoms with Gasteiger partial charge in [0.15, 0.2) is 5.69 Å². The zero-order chi connectivity index (χ0) is 15.2. The number of nitrogens with one attached hydrogen (secondary N) is 1. The maximum Gasteiger partial charge on any atom is 0.358 e. The summed E-state index contributed by atoms with van der Waals surface area (Å²) >= 11 is 0. The molecule has 106 valence electrons. The number of carbonyl (C=O) groups excluding carboxylic acids is 1. The molecule has 1 aromatic carbocycles. The number of anilines is 2. The maximum atomic E-state index is 11.3. The van der Waals surface area contributed by atoms with Gasteiger partial charge < -0.3 is 14.8 Å². The third-order valence-electron chi connectivity index (χ3n) is 2.64. The minimum atomic E-state index is -0.551. The Bertz CT molecular complexity index is 692. The molecule has 1 aromatic heterocycles. The fourth-order valence-electron chi connectivity index (χ4n) is 1.60. The molecule has 2 aromatic rings. The first-order valence-corrected chi connectivity index (χ1v) is 5.93. The molecule has 0 radical (unpaired) electrons. The topological polar surface area (TPSA) is 97.1 Å². The number of nitriles is 1. The van der Waals surface area contributed by atoms with Crippen molar-refractivity contribution >= 4 is 17.5 Å². The normalized spacial score (nSPS) is 9.57. The highest BCUT2D eigenvalue weighted by molar-refractivity contribution is 5.86. The highest BCUT2D eigenvalue weighted by atomic mass is 16.5. The van der Waals surface area contributed by atoms with Crippen molar-refractivity contribution in [3.63, 3.8) is 0 Å². The van der Waals surface area contributed by atoms with Crippen LogP contribution < -0.4 is 10.1 Å². The van der Waals surface area contributed by atoms with Crippen LogP contribution in [0.1, 0.15) is 16.1 Å². The minimum Gasteiger partial charge on any atom is -0.495 e. The standard InChI is InChI=1S/C14H12N4O3/c1-20-12-5-9(6-15)3-4-10(12)18-13-8-16-11(7-17-13)14(19)21-2/h3-5,7-8H,1-2H3,(H,17,18). The molecule has 0 bridgehead atoms. The van der Waals surface area contributed by atoms with E-state index in [1.54, 1.807) is 18.2 Å². The molecule has 7 nitrogen and oxygen atoms in total. The van der Waals surface area contributed by atoms with Crippen molar-refractivity contribution in [2.45, 2.75) is 0 Å². The van der Waals surface area contributed by atoms with Gasteiger partial charge in [0.1, 0.15) is 11.6 Å². The number of methoxy groups -OCH3 is 2. The van der Waals surface area contributed by atoms with Crippen LogP contribution in [0.3, 0.4) is 0 Å². The largest absolute Gasteiger partial charge is 0.495 e. The summed E-state index contributed by atoms with van der Waals surface area (Å²) < 4.78 is 9.75. The lowest BCUT2D eigenvalue weighted by atomic mass is 10.2. The van der Waals surface area contributed by atoms with E-state index < -0.39 is 5.97 Å². The highest BCUT2D eigenvalue weighted by Crippen LogP contribution is 2.27. The van der Waals surface area contributed by atoms with Crippen molar-refractivity contribution in [3.05, 3.63) is 41.9 Å². The molecule has 2 rings (SSSR count). The van der Waals surface area contributed by atoms with Gasteiger partial charge in [-0.25, -0.2) is 14.8 Å². The fourth-order valence-corrected chi connectivity index (χ4v) is 1.60. The van der Waals surface area contributed by atoms with Crippen molar-refractivity contribution < 1.29 is 14.3 Å². The van der Waals surface area contributed by atoms with Gasteiger partial charge in [-0.15, -0.1) is 0 Å². The van der Waals surface area contributed by atoms with Gasteiger partial charge in [0, 0.05) is 6.07 Å². The van der Waals surface area contributed by atoms with E-state index in [1.807, 2.05) is 6.07 Å². The number of hydrogen-bond donors (Lipinski definition) is 1. The predicted octanol–water partition coefficient (Wildman–Crippen LogP) is 1.89. The lowest BCUT2D eigenvalue weighted by molar-refractivity contribution is 0.0593. The van der Waals surface area contributed by atoms with Crippen LogP contribution in [0.5, 0.6) is 5.75 Å². The number of aromatic nitrogens is 2. The number of nitrogens with zero attached hydrogens (tertiary/aromatic N) is 3. The number of benzene rings is 1. The first kappa shape index (κ1) is 14.3. The summed E-state index contributed by atoms with van der Waals surface area (Å²) in [6.07, 6.45) is 2.72. The third kappa shape index (κ3) is 3.25. The van der Waals surface area contributed by atoms with Gasteiger partial charge in [-0.1, -0.05) is 0 Å². The summed E-state index contributed by atoms with van der Waals surface area (Å²) in [7, 11) is 2.78. The first-order chi connectivity index (χ1) is 10.2. The van der Waals surface area contributed by atoms with Crippen molar-refractivity contribution in [3.8, 4) is 11.8 Å². The summed E-state index contributed by atoms with van der Waals surface area (Å²) in [6, 6.07) is 7.00. The smallest absolute Gasteiger partial charge is 0.358 e. The average Bonchev–Trinajstić information content (AvgIpc) is 2.55. The second-order valence-electron chi connectivity index (χ2n) is 3.93. The van der Waals surface area contributed by atoms with Gasteiger partial charge in [0.2, 0.25) is 0 Å². The van der Waals surface area contributed by atoms with Gasteiger partial charge in [0.25, 0.3) is 0 Å². The van der Waals surface area contributed by atoms with Crippen molar-refractivity contribution in [1.29, 1.82) is 5.26 Å². The van der Waals surface area contributed by atoms with Crippen LogP contribution in [0.25, 0.3) is 0 Å². The molecule has 0 unspecified atom stereocenters. The van der Waals surface area contributed by atoms with E-state index in [9.17, 15) is 4.79 Å². The Kier molecular flexibility index (Phi) is 4.31. The summed E-state index contributed by atoms with van der Waals surface area (Å²) in [6.45, 7) is 0. The van der Waals surface area contributed by atoms with Gasteiger partial charge in [-0.2, -0.15) is 5.26 Å². The van der Waals surface area contributed by atoms with Gasteiger partial charge in [-0.3, -0.25) is 0 Å². The Morgan fingerprint density at radius 2 is 2.10 bits per heavy atom. The Hall–Kier alpha value is -3.14. The van der Waals surface area contributed by atoms with Crippen molar-refractivity contribution in [1.82, 2.24) is 9.97 Å². The van der Waals surface area contributed by atoms with Crippen molar-refractivity contribution in [2.75, 3.05) is 19.5 Å². The molecule has 0 aliphatic heterocycles. The molecule has 0 aliphatic carbocycles. The van der Waals surface area contributed by atoms with Gasteiger partial charge in [0.05, 0.1) is 43.9 Å². The first-order valence-electron chi connectivity index (χ1n) is 5.93. The second kappa shape index (κ2) is 6.34. The van der Waals surface area contributed by atoms with E-state index in [0.717, 1.165) is 0 Å². The van der Waals surface area contributed by atoms with Crippen LogP contribution in [0.2, 0.25) is 0 Å². The zero-order valence-corrected chi connectivity index (χ0v) is 11.5. The summed E-state index contributed by atoms with van der Waals surface area (Å²) in [5, 5.41) is 11.9. The molecule has 1 heterocycles. The van der Waals surface area contributed by atoms with E-state index >= 15 is 0 Å². The van der Waals surface area contributed by atoms with Crippen LogP contribution in [-0.2, 0) is 4.74 Å². The molecule has 1 N–H and O–H groups in total. The molecular weight excluding hydrogens is 272 g/mol. The Labute approximate surface area is 121 Å². The second-order valence-corrected chi connectivity index (χ2v) is 3.93. The number of ether oxygens (including phenoxy) is 2. The summed E-state index contributed by atoms with van der Waals surface area (Å²) in [4.78, 5) is 19.3. The molecule has 7 heteroatoms. The lowest BCUT2D eigenvalue weighted by Gasteiger charge is -2.10. The summed E-state index contributed by atoms with van der Waals surface area (Å²) in [5.74, 6) is 0.392. The van der Waals surface area contributed by atoms with Crippen LogP contribution in [-0.4, -0.2) is 30.2 Å². The molecule has 0 atom stereocenters. The molecule has 0 saturated heterocycles. The monoisotopic (exact) mass is 284 g/mol. The van der Waals surface area contributed by atoms with E-state index in [4.69, 9.17) is 10.00 Å². The van der Waals surface area contributed by atoms with Gasteiger partial charge >= 0.3 is 5.97 Å². The zero-order valence-electron chi connectivity index (χ0n) is 11.5. The lowest BCUT2D eigenvalue weighted by Crippen LogP contribution is -2.06. The number of carbonyl (C=O) groups is 1. The van der Waals surface area contributed by atoms with Gasteiger partial charge in [-0.05, 0) is 12.1 Å². The van der Waals surface area contributed by atoms with E-state index in [1.165, 1.54) is 26.6 Å². The number of esters is 1. The number of rotatable bonds is 4. The fraction of sp³-hybridized carbons (Fsp3) is 0.143. The Morgan fingerprint density at radius 3 is 2.67 bits per heavy atom.